The molecular weight excluding hydrogens is 371 g/mol. The van der Waals surface area contributed by atoms with Gasteiger partial charge in [0.1, 0.15) is 17.6 Å². The molecule has 5 rings (SSSR count). The average Bonchev–Trinajstić information content (AvgIpc) is 3.17. The molecule has 1 N–H and O–H groups in total. The first kappa shape index (κ1) is 17.6. The van der Waals surface area contributed by atoms with Crippen LogP contribution in [0.4, 0.5) is 10.3 Å². The monoisotopic (exact) mass is 390 g/mol. The maximum Gasteiger partial charge on any atom is 0.226 e. The molecule has 0 amide bonds. The molecule has 0 saturated heterocycles. The van der Waals surface area contributed by atoms with E-state index in [0.717, 1.165) is 29.9 Å². The minimum Gasteiger partial charge on any atom is -0.497 e. The fraction of sp³-hybridized carbons (Fsp3) is 0.227. The number of hydrogen-bond acceptors (Lipinski definition) is 5. The number of aromatic nitrogens is 3. The van der Waals surface area contributed by atoms with Gasteiger partial charge in [-0.1, -0.05) is 18.2 Å². The minimum absolute atomic E-state index is 0.0270. The number of benzene rings is 2. The molecule has 1 unspecified atom stereocenters. The standard InChI is InChI=1S/C22H19FN4O2/c1-29-14-11-9-13(10-12-14)21-25-22-24-17-7-4-8-18(28)19(17)20(27(22)26-21)15-5-2-3-6-16(15)23/h2-3,5-6,9-12,20H,4,7-8H2,1H3,(H,24,25,26). The van der Waals surface area contributed by atoms with Crippen LogP contribution in [0.5, 0.6) is 5.75 Å². The number of ketones is 1. The summed E-state index contributed by atoms with van der Waals surface area (Å²) in [5, 5.41) is 7.91. The van der Waals surface area contributed by atoms with Gasteiger partial charge in [-0.2, -0.15) is 4.98 Å². The van der Waals surface area contributed by atoms with Crippen LogP contribution in [0.3, 0.4) is 0 Å². The second kappa shape index (κ2) is 6.84. The summed E-state index contributed by atoms with van der Waals surface area (Å²) < 4.78 is 21.6. The maximum absolute atomic E-state index is 14.7. The van der Waals surface area contributed by atoms with Crippen molar-refractivity contribution in [1.29, 1.82) is 0 Å². The Morgan fingerprint density at radius 1 is 1.14 bits per heavy atom. The highest BCUT2D eigenvalue weighted by atomic mass is 19.1. The lowest BCUT2D eigenvalue weighted by Gasteiger charge is -2.32. The van der Waals surface area contributed by atoms with Gasteiger partial charge >= 0.3 is 0 Å². The predicted molar refractivity (Wildman–Crippen MR) is 106 cm³/mol. The van der Waals surface area contributed by atoms with Crippen LogP contribution >= 0.6 is 0 Å². The Bertz CT molecular complexity index is 1130. The van der Waals surface area contributed by atoms with Crippen molar-refractivity contribution >= 4 is 11.7 Å². The van der Waals surface area contributed by atoms with Crippen molar-refractivity contribution in [2.75, 3.05) is 12.4 Å². The van der Waals surface area contributed by atoms with Gasteiger partial charge in [0.15, 0.2) is 11.6 Å². The van der Waals surface area contributed by atoms with Gasteiger partial charge in [0.25, 0.3) is 0 Å². The smallest absolute Gasteiger partial charge is 0.226 e. The van der Waals surface area contributed by atoms with E-state index in [1.165, 1.54) is 6.07 Å². The van der Waals surface area contributed by atoms with Gasteiger partial charge in [-0.05, 0) is 43.2 Å². The fourth-order valence-corrected chi connectivity index (χ4v) is 4.00. The molecule has 0 radical (unpaired) electrons. The number of carbonyl (C=O) groups excluding carboxylic acids is 1. The number of nitrogens with one attached hydrogen (secondary N) is 1. The van der Waals surface area contributed by atoms with Gasteiger partial charge in [-0.3, -0.25) is 4.79 Å². The van der Waals surface area contributed by atoms with Gasteiger partial charge in [-0.15, -0.1) is 5.10 Å². The first-order chi connectivity index (χ1) is 14.2. The van der Waals surface area contributed by atoms with Gasteiger partial charge in [0, 0.05) is 28.8 Å². The number of nitrogens with zero attached hydrogens (tertiary/aromatic N) is 3. The molecule has 1 aromatic heterocycles. The zero-order chi connectivity index (χ0) is 20.0. The highest BCUT2D eigenvalue weighted by Crippen LogP contribution is 2.41. The summed E-state index contributed by atoms with van der Waals surface area (Å²) in [4.78, 5) is 17.4. The van der Waals surface area contributed by atoms with E-state index in [1.807, 2.05) is 24.3 Å². The Hall–Kier alpha value is -3.48. The third-order valence-corrected chi connectivity index (χ3v) is 5.42. The van der Waals surface area contributed by atoms with E-state index in [0.29, 0.717) is 29.3 Å². The summed E-state index contributed by atoms with van der Waals surface area (Å²) >= 11 is 0. The molecule has 29 heavy (non-hydrogen) atoms. The van der Waals surface area contributed by atoms with E-state index in [9.17, 15) is 9.18 Å². The summed E-state index contributed by atoms with van der Waals surface area (Å²) in [6.45, 7) is 0. The van der Waals surface area contributed by atoms with E-state index in [1.54, 1.807) is 30.0 Å². The van der Waals surface area contributed by atoms with Crippen molar-refractivity contribution in [1.82, 2.24) is 14.8 Å². The SMILES string of the molecule is COc1ccc(-c2nc3n(n2)C(c2ccccc2F)C2=C(CCCC2=O)N3)cc1. The summed E-state index contributed by atoms with van der Waals surface area (Å²) in [6.07, 6.45) is 1.96. The first-order valence-corrected chi connectivity index (χ1v) is 9.54. The zero-order valence-corrected chi connectivity index (χ0v) is 15.9. The highest BCUT2D eigenvalue weighted by Gasteiger charge is 2.38. The Morgan fingerprint density at radius 2 is 1.93 bits per heavy atom. The number of carbonyl (C=O) groups is 1. The number of Topliss-reactive ketones (excluding diaryl/α,β-unsaturated/α-hetero) is 1. The number of methoxy groups -OCH3 is 1. The largest absolute Gasteiger partial charge is 0.497 e. The molecule has 2 aliphatic rings. The Balaban J connectivity index is 1.66. The first-order valence-electron chi connectivity index (χ1n) is 9.54. The van der Waals surface area contributed by atoms with Crippen molar-refractivity contribution in [3.63, 3.8) is 0 Å². The maximum atomic E-state index is 14.7. The lowest BCUT2D eigenvalue weighted by Crippen LogP contribution is -2.32. The number of rotatable bonds is 3. The molecule has 0 saturated carbocycles. The summed E-state index contributed by atoms with van der Waals surface area (Å²) in [7, 11) is 1.61. The van der Waals surface area contributed by atoms with Crippen molar-refractivity contribution in [2.45, 2.75) is 25.3 Å². The number of allylic oxidation sites excluding steroid dienone is 2. The third kappa shape index (κ3) is 2.90. The number of hydrogen-bond donors (Lipinski definition) is 1. The fourth-order valence-electron chi connectivity index (χ4n) is 4.00. The van der Waals surface area contributed by atoms with Crippen LogP contribution in [0.2, 0.25) is 0 Å². The van der Waals surface area contributed by atoms with Crippen LogP contribution in [0.25, 0.3) is 11.4 Å². The van der Waals surface area contributed by atoms with E-state index < -0.39 is 6.04 Å². The van der Waals surface area contributed by atoms with Crippen molar-refractivity contribution < 1.29 is 13.9 Å². The predicted octanol–water partition coefficient (Wildman–Crippen LogP) is 4.11. The van der Waals surface area contributed by atoms with Gasteiger partial charge in [0.05, 0.1) is 7.11 Å². The molecule has 7 heteroatoms. The van der Waals surface area contributed by atoms with Crippen molar-refractivity contribution in [3.05, 3.63) is 71.2 Å². The quantitative estimate of drug-likeness (QED) is 0.729. The Morgan fingerprint density at radius 3 is 2.69 bits per heavy atom. The van der Waals surface area contributed by atoms with Gasteiger partial charge < -0.3 is 10.1 Å². The van der Waals surface area contributed by atoms with E-state index in [4.69, 9.17) is 4.74 Å². The van der Waals surface area contributed by atoms with E-state index in [-0.39, 0.29) is 11.6 Å². The number of ether oxygens (including phenoxy) is 1. The van der Waals surface area contributed by atoms with E-state index >= 15 is 0 Å². The summed E-state index contributed by atoms with van der Waals surface area (Å²) in [6, 6.07) is 13.3. The molecule has 0 spiro atoms. The molecule has 0 bridgehead atoms. The lowest BCUT2D eigenvalue weighted by atomic mass is 9.85. The molecule has 1 aliphatic heterocycles. The van der Waals surface area contributed by atoms with Crippen LogP contribution in [-0.4, -0.2) is 27.7 Å². The molecule has 6 nitrogen and oxygen atoms in total. The van der Waals surface area contributed by atoms with Crippen LogP contribution in [0.1, 0.15) is 30.9 Å². The summed E-state index contributed by atoms with van der Waals surface area (Å²) in [5.41, 5.74) is 2.63. The van der Waals surface area contributed by atoms with Gasteiger partial charge in [-0.25, -0.2) is 9.07 Å². The molecular formula is C22H19FN4O2. The average molecular weight is 390 g/mol. The third-order valence-electron chi connectivity index (χ3n) is 5.42. The van der Waals surface area contributed by atoms with Crippen LogP contribution in [0, 0.1) is 5.82 Å². The molecule has 2 heterocycles. The molecule has 1 atom stereocenters. The highest BCUT2D eigenvalue weighted by molar-refractivity contribution is 5.99. The van der Waals surface area contributed by atoms with Gasteiger partial charge in [0.2, 0.25) is 5.95 Å². The Labute approximate surface area is 167 Å². The second-order valence-corrected chi connectivity index (χ2v) is 7.15. The molecule has 2 aromatic carbocycles. The van der Waals surface area contributed by atoms with Crippen LogP contribution in [0.15, 0.2) is 59.8 Å². The summed E-state index contributed by atoms with van der Waals surface area (Å²) in [5.74, 6) is 1.42. The Kier molecular flexibility index (Phi) is 4.16. The molecule has 0 fully saturated rings. The molecule has 1 aliphatic carbocycles. The van der Waals surface area contributed by atoms with Crippen LogP contribution < -0.4 is 10.1 Å². The normalized spacial score (nSPS) is 18.1. The number of anilines is 1. The lowest BCUT2D eigenvalue weighted by molar-refractivity contribution is -0.116. The molecule has 3 aromatic rings. The minimum atomic E-state index is -0.630. The zero-order valence-electron chi connectivity index (χ0n) is 15.9. The van der Waals surface area contributed by atoms with Crippen LogP contribution in [-0.2, 0) is 4.79 Å². The number of fused-ring (bicyclic) bond motifs is 1. The van der Waals surface area contributed by atoms with E-state index in [2.05, 4.69) is 15.4 Å². The second-order valence-electron chi connectivity index (χ2n) is 7.15. The van der Waals surface area contributed by atoms with Crippen molar-refractivity contribution in [2.24, 2.45) is 0 Å². The topological polar surface area (TPSA) is 69.0 Å². The molecule has 146 valence electrons. The number of halogens is 1. The van der Waals surface area contributed by atoms with Crippen molar-refractivity contribution in [3.8, 4) is 17.1 Å².